The number of hydrogen-bond acceptors (Lipinski definition) is 4. The highest BCUT2D eigenvalue weighted by molar-refractivity contribution is 5.69. The molecule has 118 valence electrons. The van der Waals surface area contributed by atoms with Crippen LogP contribution in [0.3, 0.4) is 0 Å². The molecule has 22 heavy (non-hydrogen) atoms. The summed E-state index contributed by atoms with van der Waals surface area (Å²) >= 11 is 0. The van der Waals surface area contributed by atoms with E-state index in [1.165, 1.54) is 5.56 Å². The van der Waals surface area contributed by atoms with Crippen LogP contribution in [0.2, 0.25) is 0 Å². The van der Waals surface area contributed by atoms with E-state index < -0.39 is 5.97 Å². The lowest BCUT2D eigenvalue weighted by atomic mass is 9.85. The quantitative estimate of drug-likeness (QED) is 0.808. The fourth-order valence-electron chi connectivity index (χ4n) is 3.10. The van der Waals surface area contributed by atoms with Crippen LogP contribution < -0.4 is 5.32 Å². The Kier molecular flexibility index (Phi) is 4.40. The first-order valence-corrected chi connectivity index (χ1v) is 7.78. The number of fused-ring (bicyclic) bond motifs is 1. The maximum absolute atomic E-state index is 10.8. The third-order valence-electron chi connectivity index (χ3n) is 4.46. The second kappa shape index (κ2) is 6.46. The maximum atomic E-state index is 10.8. The van der Waals surface area contributed by atoms with Gasteiger partial charge in [0.25, 0.3) is 0 Å². The molecule has 2 aromatic rings. The van der Waals surface area contributed by atoms with E-state index in [-0.39, 0.29) is 6.54 Å². The van der Waals surface area contributed by atoms with Crippen molar-refractivity contribution in [3.63, 3.8) is 0 Å². The topological polar surface area (TPSA) is 69.9 Å². The molecular weight excluding hydrogens is 280 g/mol. The number of nitrogens with zero attached hydrogens (tertiary/aromatic N) is 3. The predicted octanol–water partition coefficient (Wildman–Crippen LogP) is 1.36. The Morgan fingerprint density at radius 2 is 2.32 bits per heavy atom. The van der Waals surface area contributed by atoms with Gasteiger partial charge in [-0.25, -0.2) is 4.52 Å². The number of carboxylic acid groups (broad SMARTS) is 1. The van der Waals surface area contributed by atoms with Crippen molar-refractivity contribution < 1.29 is 9.90 Å². The van der Waals surface area contributed by atoms with Crippen LogP contribution >= 0.6 is 0 Å². The van der Waals surface area contributed by atoms with Gasteiger partial charge in [0, 0.05) is 30.4 Å². The molecule has 0 radical (unpaired) electrons. The largest absolute Gasteiger partial charge is 0.480 e. The maximum Gasteiger partial charge on any atom is 0.317 e. The molecule has 0 aliphatic heterocycles. The molecular formula is C16H22N4O2. The summed E-state index contributed by atoms with van der Waals surface area (Å²) < 4.78 is 1.88. The van der Waals surface area contributed by atoms with Crippen LogP contribution in [-0.2, 0) is 11.3 Å². The third kappa shape index (κ3) is 3.13. The minimum absolute atomic E-state index is 0.141. The standard InChI is InChI=1S/C16H22N4O2/c1-2-19(11-16(21)22)14-7-13(8-14)17-9-12-10-18-20-6-4-3-5-15(12)20/h3-6,10,13-14,17H,2,7-9,11H2,1H3,(H,21,22). The molecule has 1 saturated carbocycles. The third-order valence-corrected chi connectivity index (χ3v) is 4.46. The monoisotopic (exact) mass is 302 g/mol. The summed E-state index contributed by atoms with van der Waals surface area (Å²) in [6.07, 6.45) is 5.88. The molecule has 0 bridgehead atoms. The molecule has 0 atom stereocenters. The van der Waals surface area contributed by atoms with E-state index >= 15 is 0 Å². The second-order valence-corrected chi connectivity index (χ2v) is 5.86. The first-order chi connectivity index (χ1) is 10.7. The highest BCUT2D eigenvalue weighted by Gasteiger charge is 2.33. The Labute approximate surface area is 129 Å². The Morgan fingerprint density at radius 1 is 1.50 bits per heavy atom. The SMILES string of the molecule is CCN(CC(=O)O)C1CC(NCc2cnn3ccccc23)C1. The van der Waals surface area contributed by atoms with Gasteiger partial charge in [0.1, 0.15) is 0 Å². The average Bonchev–Trinajstić information content (AvgIpc) is 2.87. The Bertz CT molecular complexity index is 648. The van der Waals surface area contributed by atoms with Crippen molar-refractivity contribution in [3.05, 3.63) is 36.2 Å². The van der Waals surface area contributed by atoms with Gasteiger partial charge in [-0.05, 0) is 31.5 Å². The number of aromatic nitrogens is 2. The summed E-state index contributed by atoms with van der Waals surface area (Å²) in [4.78, 5) is 12.9. The second-order valence-electron chi connectivity index (χ2n) is 5.86. The summed E-state index contributed by atoms with van der Waals surface area (Å²) in [5.41, 5.74) is 2.33. The summed E-state index contributed by atoms with van der Waals surface area (Å²) in [7, 11) is 0. The van der Waals surface area contributed by atoms with Gasteiger partial charge in [-0.2, -0.15) is 5.10 Å². The molecule has 3 rings (SSSR count). The number of aliphatic carboxylic acids is 1. The lowest BCUT2D eigenvalue weighted by molar-refractivity contribution is -0.139. The van der Waals surface area contributed by atoms with Gasteiger partial charge < -0.3 is 10.4 Å². The van der Waals surface area contributed by atoms with Crippen molar-refractivity contribution >= 4 is 11.5 Å². The molecule has 0 saturated heterocycles. The van der Waals surface area contributed by atoms with Crippen LogP contribution in [0, 0.1) is 0 Å². The van der Waals surface area contributed by atoms with Crippen LogP contribution in [-0.4, -0.2) is 50.8 Å². The van der Waals surface area contributed by atoms with Crippen LogP contribution in [0.15, 0.2) is 30.6 Å². The molecule has 0 amide bonds. The zero-order valence-corrected chi connectivity index (χ0v) is 12.8. The lowest BCUT2D eigenvalue weighted by Gasteiger charge is -2.42. The summed E-state index contributed by atoms with van der Waals surface area (Å²) in [6, 6.07) is 6.91. The number of carbonyl (C=O) groups is 1. The minimum Gasteiger partial charge on any atom is -0.480 e. The Hall–Kier alpha value is -1.92. The number of nitrogens with one attached hydrogen (secondary N) is 1. The van der Waals surface area contributed by atoms with Crippen molar-refractivity contribution in [2.75, 3.05) is 13.1 Å². The van der Waals surface area contributed by atoms with Gasteiger partial charge in [-0.15, -0.1) is 0 Å². The van der Waals surface area contributed by atoms with Crippen LogP contribution in [0.25, 0.3) is 5.52 Å². The minimum atomic E-state index is -0.746. The molecule has 6 nitrogen and oxygen atoms in total. The summed E-state index contributed by atoms with van der Waals surface area (Å²) in [6.45, 7) is 3.75. The van der Waals surface area contributed by atoms with Gasteiger partial charge in [0.2, 0.25) is 0 Å². The number of likely N-dealkylation sites (N-methyl/N-ethyl adjacent to an activating group) is 1. The molecule has 2 aromatic heterocycles. The van der Waals surface area contributed by atoms with E-state index in [0.717, 1.165) is 31.4 Å². The first kappa shape index (κ1) is 15.0. The Balaban J connectivity index is 1.49. The van der Waals surface area contributed by atoms with Gasteiger partial charge in [0.05, 0.1) is 18.3 Å². The normalized spacial score (nSPS) is 21.2. The van der Waals surface area contributed by atoms with E-state index in [1.54, 1.807) is 0 Å². The van der Waals surface area contributed by atoms with E-state index in [1.807, 2.05) is 40.9 Å². The summed E-state index contributed by atoms with van der Waals surface area (Å²) in [5, 5.41) is 16.8. The zero-order valence-electron chi connectivity index (χ0n) is 12.8. The average molecular weight is 302 g/mol. The molecule has 0 unspecified atom stereocenters. The van der Waals surface area contributed by atoms with Crippen LogP contribution in [0.4, 0.5) is 0 Å². The molecule has 1 aliphatic carbocycles. The molecule has 2 heterocycles. The fourth-order valence-corrected chi connectivity index (χ4v) is 3.10. The summed E-state index contributed by atoms with van der Waals surface area (Å²) in [5.74, 6) is -0.746. The lowest BCUT2D eigenvalue weighted by Crippen LogP contribution is -2.53. The van der Waals surface area contributed by atoms with Crippen molar-refractivity contribution in [2.45, 2.75) is 38.4 Å². The predicted molar refractivity (Wildman–Crippen MR) is 83.7 cm³/mol. The van der Waals surface area contributed by atoms with Crippen molar-refractivity contribution in [3.8, 4) is 0 Å². The zero-order chi connectivity index (χ0) is 15.5. The highest BCUT2D eigenvalue weighted by atomic mass is 16.4. The van der Waals surface area contributed by atoms with Crippen LogP contribution in [0.5, 0.6) is 0 Å². The molecule has 1 aliphatic rings. The van der Waals surface area contributed by atoms with E-state index in [0.29, 0.717) is 12.1 Å². The van der Waals surface area contributed by atoms with Crippen molar-refractivity contribution in [1.82, 2.24) is 19.8 Å². The van der Waals surface area contributed by atoms with Crippen molar-refractivity contribution in [2.24, 2.45) is 0 Å². The van der Waals surface area contributed by atoms with Gasteiger partial charge in [0.15, 0.2) is 0 Å². The number of pyridine rings is 1. The molecule has 1 fully saturated rings. The smallest absolute Gasteiger partial charge is 0.317 e. The van der Waals surface area contributed by atoms with Gasteiger partial charge >= 0.3 is 5.97 Å². The molecule has 0 spiro atoms. The van der Waals surface area contributed by atoms with E-state index in [2.05, 4.69) is 16.5 Å². The Morgan fingerprint density at radius 3 is 3.05 bits per heavy atom. The number of hydrogen-bond donors (Lipinski definition) is 2. The van der Waals surface area contributed by atoms with Gasteiger partial charge in [-0.1, -0.05) is 13.0 Å². The number of rotatable bonds is 7. The van der Waals surface area contributed by atoms with E-state index in [9.17, 15) is 4.79 Å². The molecule has 6 heteroatoms. The van der Waals surface area contributed by atoms with Crippen LogP contribution in [0.1, 0.15) is 25.3 Å². The highest BCUT2D eigenvalue weighted by Crippen LogP contribution is 2.26. The molecule has 0 aromatic carbocycles. The molecule has 2 N–H and O–H groups in total. The van der Waals surface area contributed by atoms with Crippen molar-refractivity contribution in [1.29, 1.82) is 0 Å². The fraction of sp³-hybridized carbons (Fsp3) is 0.500. The number of carboxylic acids is 1. The van der Waals surface area contributed by atoms with E-state index in [4.69, 9.17) is 5.11 Å². The first-order valence-electron chi connectivity index (χ1n) is 7.78. The van der Waals surface area contributed by atoms with Gasteiger partial charge in [-0.3, -0.25) is 9.69 Å².